The predicted octanol–water partition coefficient (Wildman–Crippen LogP) is 3.57. The van der Waals surface area contributed by atoms with Gasteiger partial charge in [0, 0.05) is 24.8 Å². The summed E-state index contributed by atoms with van der Waals surface area (Å²) in [5.74, 6) is 0.562. The highest BCUT2D eigenvalue weighted by atomic mass is 16.6. The Labute approximate surface area is 170 Å². The minimum Gasteiger partial charge on any atom is -0.497 e. The number of hydrogen-bond acceptors (Lipinski definition) is 5. The molecule has 2 aromatic carbocycles. The van der Waals surface area contributed by atoms with Crippen molar-refractivity contribution in [3.63, 3.8) is 0 Å². The number of rotatable bonds is 8. The highest BCUT2D eigenvalue weighted by molar-refractivity contribution is 5.91. The first-order valence-electron chi connectivity index (χ1n) is 9.65. The van der Waals surface area contributed by atoms with Gasteiger partial charge >= 0.3 is 0 Å². The molecule has 0 radical (unpaired) electrons. The van der Waals surface area contributed by atoms with Crippen LogP contribution in [0.5, 0.6) is 5.75 Å². The van der Waals surface area contributed by atoms with E-state index in [-0.39, 0.29) is 17.6 Å². The molecule has 1 N–H and O–H groups in total. The third-order valence-corrected chi connectivity index (χ3v) is 5.04. The summed E-state index contributed by atoms with van der Waals surface area (Å²) < 4.78 is 5.34. The number of likely N-dealkylation sites (tertiary alicyclic amines) is 1. The fourth-order valence-corrected chi connectivity index (χ4v) is 3.53. The Morgan fingerprint density at radius 1 is 1.24 bits per heavy atom. The van der Waals surface area contributed by atoms with Crippen LogP contribution in [0.15, 0.2) is 54.6 Å². The number of nitrogens with zero attached hydrogens (tertiary/aromatic N) is 2. The van der Waals surface area contributed by atoms with Gasteiger partial charge in [0.2, 0.25) is 5.91 Å². The van der Waals surface area contributed by atoms with Crippen molar-refractivity contribution >= 4 is 17.7 Å². The van der Waals surface area contributed by atoms with E-state index in [1.807, 2.05) is 18.2 Å². The molecule has 2 aromatic rings. The topological polar surface area (TPSA) is 84.7 Å². The normalized spacial score (nSPS) is 15.3. The predicted molar refractivity (Wildman–Crippen MR) is 112 cm³/mol. The lowest BCUT2D eigenvalue weighted by Gasteiger charge is -2.28. The maximum absolute atomic E-state index is 12.3. The standard InChI is InChI=1S/C22H25N3O4/c1-29-20-9-5-7-18(15-20)21(24-12-2-3-13-24)16-23-22(26)11-10-17-6-4-8-19(14-17)25(27)28/h4-11,14-15,21H,2-3,12-13,16H2,1H3,(H,23,26)/b11-10+. The third kappa shape index (κ3) is 5.65. The summed E-state index contributed by atoms with van der Waals surface area (Å²) >= 11 is 0. The Balaban J connectivity index is 1.66. The zero-order valence-electron chi connectivity index (χ0n) is 16.4. The molecule has 152 valence electrons. The fraction of sp³-hybridized carbons (Fsp3) is 0.318. The van der Waals surface area contributed by atoms with Gasteiger partial charge in [0.25, 0.3) is 5.69 Å². The second-order valence-corrected chi connectivity index (χ2v) is 6.97. The number of hydrogen-bond donors (Lipinski definition) is 1. The van der Waals surface area contributed by atoms with Gasteiger partial charge in [-0.2, -0.15) is 0 Å². The lowest BCUT2D eigenvalue weighted by Crippen LogP contribution is -2.36. The van der Waals surface area contributed by atoms with E-state index in [0.717, 1.165) is 37.2 Å². The van der Waals surface area contributed by atoms with Crippen LogP contribution >= 0.6 is 0 Å². The molecule has 1 saturated heterocycles. The van der Waals surface area contributed by atoms with Gasteiger partial charge in [0.1, 0.15) is 5.75 Å². The van der Waals surface area contributed by atoms with Crippen LogP contribution in [-0.2, 0) is 4.79 Å². The highest BCUT2D eigenvalue weighted by Crippen LogP contribution is 2.27. The van der Waals surface area contributed by atoms with Crippen LogP contribution in [0, 0.1) is 10.1 Å². The molecule has 0 spiro atoms. The molecule has 0 aliphatic carbocycles. The average molecular weight is 395 g/mol. The molecule has 1 aliphatic rings. The Kier molecular flexibility index (Phi) is 6.97. The second-order valence-electron chi connectivity index (χ2n) is 6.97. The number of non-ortho nitro benzene ring substituents is 1. The van der Waals surface area contributed by atoms with E-state index in [2.05, 4.69) is 16.3 Å². The molecular weight excluding hydrogens is 370 g/mol. The number of nitro benzene ring substituents is 1. The SMILES string of the molecule is COc1cccc(C(CNC(=O)/C=C/c2cccc([N+](=O)[O-])c2)N2CCCC2)c1. The first kappa shape index (κ1) is 20.5. The van der Waals surface area contributed by atoms with Gasteiger partial charge in [-0.3, -0.25) is 19.8 Å². The van der Waals surface area contributed by atoms with Crippen molar-refractivity contribution in [1.29, 1.82) is 0 Å². The minimum absolute atomic E-state index is 0.000296. The minimum atomic E-state index is -0.452. The smallest absolute Gasteiger partial charge is 0.270 e. The van der Waals surface area contributed by atoms with E-state index in [1.54, 1.807) is 25.3 Å². The number of benzene rings is 2. The van der Waals surface area contributed by atoms with Gasteiger partial charge in [-0.15, -0.1) is 0 Å². The average Bonchev–Trinajstić information content (AvgIpc) is 3.27. The molecule has 1 unspecified atom stereocenters. The van der Waals surface area contributed by atoms with Crippen LogP contribution in [0.1, 0.15) is 30.0 Å². The van der Waals surface area contributed by atoms with Gasteiger partial charge in [-0.05, 0) is 55.3 Å². The summed E-state index contributed by atoms with van der Waals surface area (Å²) in [7, 11) is 1.64. The molecule has 1 heterocycles. The molecule has 1 amide bonds. The largest absolute Gasteiger partial charge is 0.497 e. The lowest BCUT2D eigenvalue weighted by atomic mass is 10.0. The summed E-state index contributed by atoms with van der Waals surface area (Å²) in [6.45, 7) is 2.48. The Morgan fingerprint density at radius 3 is 2.72 bits per heavy atom. The van der Waals surface area contributed by atoms with Crippen molar-refractivity contribution in [1.82, 2.24) is 10.2 Å². The van der Waals surface area contributed by atoms with Gasteiger partial charge in [-0.1, -0.05) is 24.3 Å². The third-order valence-electron chi connectivity index (χ3n) is 5.04. The van der Waals surface area contributed by atoms with Crippen molar-refractivity contribution in [2.45, 2.75) is 18.9 Å². The zero-order chi connectivity index (χ0) is 20.6. The van der Waals surface area contributed by atoms with Crippen LogP contribution in [0.4, 0.5) is 5.69 Å². The van der Waals surface area contributed by atoms with Gasteiger partial charge < -0.3 is 10.1 Å². The van der Waals surface area contributed by atoms with Crippen LogP contribution in [0.25, 0.3) is 6.08 Å². The van der Waals surface area contributed by atoms with Crippen molar-refractivity contribution < 1.29 is 14.5 Å². The summed E-state index contributed by atoms with van der Waals surface area (Å²) in [6, 6.07) is 14.2. The first-order chi connectivity index (χ1) is 14.1. The summed E-state index contributed by atoms with van der Waals surface area (Å²) in [4.78, 5) is 25.1. The molecule has 1 atom stereocenters. The molecule has 1 aliphatic heterocycles. The second kappa shape index (κ2) is 9.84. The van der Waals surface area contributed by atoms with E-state index >= 15 is 0 Å². The number of amides is 1. The van der Waals surface area contributed by atoms with E-state index in [1.165, 1.54) is 18.2 Å². The summed E-state index contributed by atoms with van der Waals surface area (Å²) in [6.07, 6.45) is 5.30. The number of carbonyl (C=O) groups is 1. The molecule has 7 heteroatoms. The highest BCUT2D eigenvalue weighted by Gasteiger charge is 2.24. The maximum atomic E-state index is 12.3. The van der Waals surface area contributed by atoms with Crippen molar-refractivity contribution in [2.24, 2.45) is 0 Å². The quantitative estimate of drug-likeness (QED) is 0.420. The Bertz CT molecular complexity index is 891. The number of carbonyl (C=O) groups excluding carboxylic acids is 1. The number of nitrogens with one attached hydrogen (secondary N) is 1. The van der Waals surface area contributed by atoms with Crippen LogP contribution < -0.4 is 10.1 Å². The molecule has 1 fully saturated rings. The van der Waals surface area contributed by atoms with E-state index < -0.39 is 4.92 Å². The number of methoxy groups -OCH3 is 1. The molecule has 29 heavy (non-hydrogen) atoms. The van der Waals surface area contributed by atoms with Crippen molar-refractivity contribution in [3.8, 4) is 5.75 Å². The van der Waals surface area contributed by atoms with Crippen LogP contribution in [0.3, 0.4) is 0 Å². The van der Waals surface area contributed by atoms with E-state index in [4.69, 9.17) is 4.74 Å². The Hall–Kier alpha value is -3.19. The van der Waals surface area contributed by atoms with Gasteiger partial charge in [-0.25, -0.2) is 0 Å². The van der Waals surface area contributed by atoms with Crippen molar-refractivity contribution in [2.75, 3.05) is 26.7 Å². The molecule has 0 saturated carbocycles. The maximum Gasteiger partial charge on any atom is 0.270 e. The zero-order valence-corrected chi connectivity index (χ0v) is 16.4. The number of ether oxygens (including phenoxy) is 1. The molecular formula is C22H25N3O4. The molecule has 7 nitrogen and oxygen atoms in total. The van der Waals surface area contributed by atoms with Gasteiger partial charge in [0.05, 0.1) is 18.1 Å². The number of nitro groups is 1. The van der Waals surface area contributed by atoms with E-state index in [0.29, 0.717) is 12.1 Å². The van der Waals surface area contributed by atoms with Crippen LogP contribution in [0.2, 0.25) is 0 Å². The monoisotopic (exact) mass is 395 g/mol. The lowest BCUT2D eigenvalue weighted by molar-refractivity contribution is -0.384. The molecule has 3 rings (SSSR count). The first-order valence-corrected chi connectivity index (χ1v) is 9.65. The fourth-order valence-electron chi connectivity index (χ4n) is 3.53. The summed E-state index contributed by atoms with van der Waals surface area (Å²) in [5, 5.41) is 13.8. The van der Waals surface area contributed by atoms with Crippen molar-refractivity contribution in [3.05, 3.63) is 75.8 Å². The van der Waals surface area contributed by atoms with Crippen LogP contribution in [-0.4, -0.2) is 42.5 Å². The molecule has 0 bridgehead atoms. The Morgan fingerprint density at radius 2 is 2.00 bits per heavy atom. The van der Waals surface area contributed by atoms with Gasteiger partial charge in [0.15, 0.2) is 0 Å². The van der Waals surface area contributed by atoms with E-state index in [9.17, 15) is 14.9 Å². The molecule has 0 aromatic heterocycles. The summed E-state index contributed by atoms with van der Waals surface area (Å²) in [5.41, 5.74) is 1.71.